The largest absolute Gasteiger partial charge is 0.325 e. The molecule has 5 heteroatoms. The Morgan fingerprint density at radius 1 is 1.22 bits per heavy atom. The number of hydrogen-bond donors (Lipinski definition) is 0. The van der Waals surface area contributed by atoms with Crippen molar-refractivity contribution in [1.82, 2.24) is 14.5 Å². The zero-order valence-corrected chi connectivity index (χ0v) is 9.56. The molecule has 3 nitrogen and oxygen atoms in total. The van der Waals surface area contributed by atoms with Crippen LogP contribution in [0.5, 0.6) is 0 Å². The molecule has 0 saturated carbocycles. The highest BCUT2D eigenvalue weighted by Crippen LogP contribution is 2.25. The SMILES string of the molecule is Cn1c(-c2cccnc2)nc2cc(F)cc(F)c21. The Morgan fingerprint density at radius 2 is 2.06 bits per heavy atom. The van der Waals surface area contributed by atoms with Crippen molar-refractivity contribution in [3.63, 3.8) is 0 Å². The van der Waals surface area contributed by atoms with Crippen LogP contribution in [0.15, 0.2) is 36.7 Å². The summed E-state index contributed by atoms with van der Waals surface area (Å²) in [7, 11) is 1.69. The first-order valence-electron chi connectivity index (χ1n) is 5.38. The number of halogens is 2. The zero-order valence-electron chi connectivity index (χ0n) is 9.56. The monoisotopic (exact) mass is 245 g/mol. The fraction of sp³-hybridized carbons (Fsp3) is 0.0769. The Morgan fingerprint density at radius 3 is 2.78 bits per heavy atom. The zero-order chi connectivity index (χ0) is 12.7. The van der Waals surface area contributed by atoms with Crippen LogP contribution in [0.3, 0.4) is 0 Å². The van der Waals surface area contributed by atoms with Crippen molar-refractivity contribution in [3.8, 4) is 11.4 Å². The van der Waals surface area contributed by atoms with E-state index in [0.29, 0.717) is 11.3 Å². The number of aromatic nitrogens is 3. The first-order chi connectivity index (χ1) is 8.66. The van der Waals surface area contributed by atoms with Crippen molar-refractivity contribution in [2.75, 3.05) is 0 Å². The maximum Gasteiger partial charge on any atom is 0.152 e. The minimum Gasteiger partial charge on any atom is -0.325 e. The minimum atomic E-state index is -0.629. The van der Waals surface area contributed by atoms with Gasteiger partial charge in [0.15, 0.2) is 5.82 Å². The molecule has 0 unspecified atom stereocenters. The van der Waals surface area contributed by atoms with Crippen LogP contribution >= 0.6 is 0 Å². The number of pyridine rings is 1. The summed E-state index contributed by atoms with van der Waals surface area (Å²) in [5.41, 5.74) is 1.35. The Hall–Kier alpha value is -2.30. The van der Waals surface area contributed by atoms with Crippen LogP contribution in [0.4, 0.5) is 8.78 Å². The summed E-state index contributed by atoms with van der Waals surface area (Å²) in [4.78, 5) is 8.24. The van der Waals surface area contributed by atoms with Gasteiger partial charge in [0.25, 0.3) is 0 Å². The first-order valence-corrected chi connectivity index (χ1v) is 5.38. The van der Waals surface area contributed by atoms with Gasteiger partial charge in [0.05, 0.1) is 5.52 Å². The quantitative estimate of drug-likeness (QED) is 0.660. The molecule has 0 spiro atoms. The first kappa shape index (κ1) is 10.8. The Bertz CT molecular complexity index is 720. The number of benzene rings is 1. The van der Waals surface area contributed by atoms with Gasteiger partial charge in [-0.25, -0.2) is 13.8 Å². The number of aryl methyl sites for hydroxylation is 1. The van der Waals surface area contributed by atoms with Crippen LogP contribution < -0.4 is 0 Å². The maximum atomic E-state index is 13.7. The summed E-state index contributed by atoms with van der Waals surface area (Å²) in [6.45, 7) is 0. The van der Waals surface area contributed by atoms with Crippen LogP contribution in [0.2, 0.25) is 0 Å². The predicted molar refractivity (Wildman–Crippen MR) is 63.9 cm³/mol. The van der Waals surface area contributed by atoms with E-state index in [0.717, 1.165) is 11.6 Å². The van der Waals surface area contributed by atoms with Crippen LogP contribution in [-0.2, 0) is 7.05 Å². The van der Waals surface area contributed by atoms with Crippen LogP contribution in [0.1, 0.15) is 0 Å². The van der Waals surface area contributed by atoms with Crippen molar-refractivity contribution >= 4 is 11.0 Å². The molecule has 0 aliphatic rings. The van der Waals surface area contributed by atoms with Crippen molar-refractivity contribution in [1.29, 1.82) is 0 Å². The molecule has 0 aliphatic heterocycles. The molecule has 0 aliphatic carbocycles. The molecule has 3 rings (SSSR count). The molecule has 1 aromatic carbocycles. The summed E-state index contributed by atoms with van der Waals surface area (Å²) >= 11 is 0. The number of nitrogens with zero attached hydrogens (tertiary/aromatic N) is 3. The highest BCUT2D eigenvalue weighted by Gasteiger charge is 2.14. The van der Waals surface area contributed by atoms with Gasteiger partial charge in [0.1, 0.15) is 17.2 Å². The van der Waals surface area contributed by atoms with Crippen LogP contribution in [0.25, 0.3) is 22.4 Å². The van der Waals surface area contributed by atoms with Crippen LogP contribution in [0, 0.1) is 11.6 Å². The second-order valence-electron chi connectivity index (χ2n) is 3.99. The average Bonchev–Trinajstić information content (AvgIpc) is 2.67. The number of hydrogen-bond acceptors (Lipinski definition) is 2. The van der Waals surface area contributed by atoms with E-state index in [1.807, 2.05) is 6.07 Å². The molecule has 2 aromatic heterocycles. The average molecular weight is 245 g/mol. The Balaban J connectivity index is 2.33. The lowest BCUT2D eigenvalue weighted by molar-refractivity contribution is 0.588. The van der Waals surface area contributed by atoms with Gasteiger partial charge >= 0.3 is 0 Å². The highest BCUT2D eigenvalue weighted by molar-refractivity contribution is 5.81. The second kappa shape index (κ2) is 3.87. The predicted octanol–water partition coefficient (Wildman–Crippen LogP) is 2.91. The Labute approximate surface area is 102 Å². The highest BCUT2D eigenvalue weighted by atomic mass is 19.1. The van der Waals surface area contributed by atoms with E-state index in [2.05, 4.69) is 9.97 Å². The van der Waals surface area contributed by atoms with E-state index in [1.165, 1.54) is 6.07 Å². The summed E-state index contributed by atoms with van der Waals surface area (Å²) in [6, 6.07) is 5.67. The lowest BCUT2D eigenvalue weighted by Gasteiger charge is -2.01. The molecule has 0 fully saturated rings. The van der Waals surface area contributed by atoms with E-state index in [1.54, 1.807) is 30.1 Å². The van der Waals surface area contributed by atoms with Gasteiger partial charge in [0, 0.05) is 37.1 Å². The lowest BCUT2D eigenvalue weighted by atomic mass is 10.3. The molecule has 0 N–H and O–H groups in total. The molecule has 0 radical (unpaired) electrons. The summed E-state index contributed by atoms with van der Waals surface area (Å²) < 4.78 is 28.5. The molecule has 3 aromatic rings. The van der Waals surface area contributed by atoms with Crippen molar-refractivity contribution in [2.45, 2.75) is 0 Å². The molecule has 0 bridgehead atoms. The standard InChI is InChI=1S/C13H9F2N3/c1-18-12-10(15)5-9(14)6-11(12)17-13(18)8-3-2-4-16-7-8/h2-7H,1H3. The van der Waals surface area contributed by atoms with Gasteiger partial charge in [-0.05, 0) is 12.1 Å². The van der Waals surface area contributed by atoms with Crippen molar-refractivity contribution in [3.05, 3.63) is 48.3 Å². The van der Waals surface area contributed by atoms with Crippen molar-refractivity contribution < 1.29 is 8.78 Å². The van der Waals surface area contributed by atoms with E-state index in [-0.39, 0.29) is 5.52 Å². The van der Waals surface area contributed by atoms with E-state index in [9.17, 15) is 8.78 Å². The molecular weight excluding hydrogens is 236 g/mol. The fourth-order valence-electron chi connectivity index (χ4n) is 2.02. The third-order valence-corrected chi connectivity index (χ3v) is 2.81. The lowest BCUT2D eigenvalue weighted by Crippen LogP contribution is -1.94. The Kier molecular flexibility index (Phi) is 2.33. The van der Waals surface area contributed by atoms with E-state index in [4.69, 9.17) is 0 Å². The van der Waals surface area contributed by atoms with Gasteiger partial charge in [-0.2, -0.15) is 0 Å². The van der Waals surface area contributed by atoms with Crippen molar-refractivity contribution in [2.24, 2.45) is 7.05 Å². The number of fused-ring (bicyclic) bond motifs is 1. The molecule has 0 amide bonds. The molecular formula is C13H9F2N3. The topological polar surface area (TPSA) is 30.7 Å². The molecule has 0 atom stereocenters. The normalized spacial score (nSPS) is 11.1. The summed E-state index contributed by atoms with van der Waals surface area (Å²) in [6.07, 6.45) is 3.28. The number of imidazole rings is 1. The third kappa shape index (κ3) is 1.55. The third-order valence-electron chi connectivity index (χ3n) is 2.81. The van der Waals surface area contributed by atoms with Gasteiger partial charge < -0.3 is 4.57 Å². The second-order valence-corrected chi connectivity index (χ2v) is 3.99. The number of rotatable bonds is 1. The smallest absolute Gasteiger partial charge is 0.152 e. The molecule has 18 heavy (non-hydrogen) atoms. The fourth-order valence-corrected chi connectivity index (χ4v) is 2.02. The van der Waals surface area contributed by atoms with Gasteiger partial charge in [0.2, 0.25) is 0 Å². The van der Waals surface area contributed by atoms with E-state index < -0.39 is 11.6 Å². The molecule has 90 valence electrons. The summed E-state index contributed by atoms with van der Waals surface area (Å²) in [5, 5.41) is 0. The summed E-state index contributed by atoms with van der Waals surface area (Å²) in [5.74, 6) is -0.687. The van der Waals surface area contributed by atoms with E-state index >= 15 is 0 Å². The van der Waals surface area contributed by atoms with Gasteiger partial charge in [-0.15, -0.1) is 0 Å². The maximum absolute atomic E-state index is 13.7. The van der Waals surface area contributed by atoms with Crippen LogP contribution in [-0.4, -0.2) is 14.5 Å². The molecule has 2 heterocycles. The molecule has 0 saturated heterocycles. The minimum absolute atomic E-state index is 0.287. The van der Waals surface area contributed by atoms with Gasteiger partial charge in [-0.3, -0.25) is 4.98 Å². The van der Waals surface area contributed by atoms with Gasteiger partial charge in [-0.1, -0.05) is 0 Å².